The molecule has 0 radical (unpaired) electrons. The van der Waals surface area contributed by atoms with Crippen LogP contribution in [-0.4, -0.2) is 52.7 Å². The van der Waals surface area contributed by atoms with Crippen LogP contribution in [0.2, 0.25) is 0 Å². The summed E-state index contributed by atoms with van der Waals surface area (Å²) in [6, 6.07) is 0. The molecule has 2 aliphatic rings. The first-order valence-electron chi connectivity index (χ1n) is 9.13. The molecule has 0 aromatic carbocycles. The number of nitrogens with one attached hydrogen (secondary N) is 1. The van der Waals surface area contributed by atoms with Gasteiger partial charge in [-0.2, -0.15) is 15.0 Å². The normalized spacial score (nSPS) is 17.9. The van der Waals surface area contributed by atoms with Crippen molar-refractivity contribution in [1.29, 1.82) is 0 Å². The van der Waals surface area contributed by atoms with Crippen molar-refractivity contribution >= 4 is 28.7 Å². The maximum absolute atomic E-state index is 4.76. The summed E-state index contributed by atoms with van der Waals surface area (Å²) in [4.78, 5) is 23.3. The number of anilines is 3. The third-order valence-electron chi connectivity index (χ3n) is 4.75. The van der Waals surface area contributed by atoms with Gasteiger partial charge in [0.15, 0.2) is 5.65 Å². The van der Waals surface area contributed by atoms with Crippen LogP contribution in [0.5, 0.6) is 0 Å². The number of rotatable bonds is 5. The maximum atomic E-state index is 4.76. The van der Waals surface area contributed by atoms with E-state index in [1.165, 1.54) is 25.7 Å². The Bertz CT molecular complexity index is 700. The number of hydrogen-bond donors (Lipinski definition) is 1. The molecule has 0 spiro atoms. The average molecular weight is 327 g/mol. The first kappa shape index (κ1) is 15.4. The van der Waals surface area contributed by atoms with Crippen molar-refractivity contribution in [1.82, 2.24) is 19.9 Å². The second kappa shape index (κ2) is 6.75. The van der Waals surface area contributed by atoms with Gasteiger partial charge in [-0.05, 0) is 32.1 Å². The summed E-state index contributed by atoms with van der Waals surface area (Å²) < 4.78 is 0. The van der Waals surface area contributed by atoms with E-state index in [4.69, 9.17) is 15.0 Å². The van der Waals surface area contributed by atoms with Gasteiger partial charge in [0, 0.05) is 38.9 Å². The van der Waals surface area contributed by atoms with Crippen LogP contribution in [0, 0.1) is 0 Å². The van der Waals surface area contributed by atoms with Crippen molar-refractivity contribution < 1.29 is 0 Å². The van der Waals surface area contributed by atoms with Gasteiger partial charge in [0.2, 0.25) is 11.9 Å². The number of hydrogen-bond acceptors (Lipinski definition) is 7. The van der Waals surface area contributed by atoms with E-state index < -0.39 is 0 Å². The van der Waals surface area contributed by atoms with Crippen LogP contribution in [0.15, 0.2) is 6.20 Å². The summed E-state index contributed by atoms with van der Waals surface area (Å²) >= 11 is 0. The molecule has 0 bridgehead atoms. The zero-order valence-corrected chi connectivity index (χ0v) is 14.3. The SMILES string of the molecule is CCCNc1nc(N2CCCC2)nc2nc(N3CCCC3)ncc12. The molecule has 2 aromatic rings. The monoisotopic (exact) mass is 327 g/mol. The molecule has 2 fully saturated rings. The lowest BCUT2D eigenvalue weighted by molar-refractivity contribution is 0.884. The molecule has 0 saturated carbocycles. The lowest BCUT2D eigenvalue weighted by atomic mass is 10.3. The zero-order chi connectivity index (χ0) is 16.4. The van der Waals surface area contributed by atoms with Gasteiger partial charge in [-0.25, -0.2) is 4.98 Å². The fourth-order valence-electron chi connectivity index (χ4n) is 3.40. The van der Waals surface area contributed by atoms with Gasteiger partial charge >= 0.3 is 0 Å². The van der Waals surface area contributed by atoms with Crippen molar-refractivity contribution in [2.24, 2.45) is 0 Å². The van der Waals surface area contributed by atoms with Crippen molar-refractivity contribution in [2.45, 2.75) is 39.0 Å². The Morgan fingerprint density at radius 3 is 2.21 bits per heavy atom. The van der Waals surface area contributed by atoms with Gasteiger partial charge in [0.05, 0.1) is 5.39 Å². The standard InChI is InChI=1S/C17H25N7/c1-2-7-18-14-13-12-19-16(23-8-3-4-9-23)21-15(13)22-17(20-14)24-10-5-6-11-24/h12H,2-11H2,1H3,(H,18,19,20,21,22). The van der Waals surface area contributed by atoms with E-state index in [0.29, 0.717) is 0 Å². The van der Waals surface area contributed by atoms with Crippen molar-refractivity contribution in [2.75, 3.05) is 47.8 Å². The summed E-state index contributed by atoms with van der Waals surface area (Å²) in [7, 11) is 0. The third kappa shape index (κ3) is 2.95. The number of aromatic nitrogens is 4. The van der Waals surface area contributed by atoms with Gasteiger partial charge in [-0.1, -0.05) is 6.92 Å². The van der Waals surface area contributed by atoms with Crippen LogP contribution in [-0.2, 0) is 0 Å². The number of fused-ring (bicyclic) bond motifs is 1. The predicted octanol–water partition coefficient (Wildman–Crippen LogP) is 2.44. The highest BCUT2D eigenvalue weighted by Gasteiger charge is 2.20. The second-order valence-electron chi connectivity index (χ2n) is 6.59. The quantitative estimate of drug-likeness (QED) is 0.904. The molecule has 0 unspecified atom stereocenters. The van der Waals surface area contributed by atoms with E-state index in [1.54, 1.807) is 0 Å². The summed E-state index contributed by atoms with van der Waals surface area (Å²) in [6.07, 6.45) is 7.78. The van der Waals surface area contributed by atoms with Gasteiger partial charge < -0.3 is 15.1 Å². The minimum Gasteiger partial charge on any atom is -0.369 e. The smallest absolute Gasteiger partial charge is 0.229 e. The Hall–Kier alpha value is -2.18. The first-order chi connectivity index (χ1) is 11.8. The maximum Gasteiger partial charge on any atom is 0.229 e. The molecule has 24 heavy (non-hydrogen) atoms. The summed E-state index contributed by atoms with van der Waals surface area (Å²) in [5, 5.41) is 4.33. The Morgan fingerprint density at radius 1 is 0.917 bits per heavy atom. The van der Waals surface area contributed by atoms with E-state index in [1.807, 2.05) is 6.20 Å². The Kier molecular flexibility index (Phi) is 4.32. The van der Waals surface area contributed by atoms with Crippen LogP contribution in [0.1, 0.15) is 39.0 Å². The highest BCUT2D eigenvalue weighted by atomic mass is 15.3. The van der Waals surface area contributed by atoms with Gasteiger partial charge in [-0.15, -0.1) is 0 Å². The van der Waals surface area contributed by atoms with Crippen molar-refractivity contribution in [3.63, 3.8) is 0 Å². The summed E-state index contributed by atoms with van der Waals surface area (Å²) in [5.74, 6) is 2.45. The molecule has 7 heteroatoms. The highest BCUT2D eigenvalue weighted by Crippen LogP contribution is 2.26. The van der Waals surface area contributed by atoms with Crippen LogP contribution >= 0.6 is 0 Å². The minimum absolute atomic E-state index is 0.752. The molecule has 4 heterocycles. The van der Waals surface area contributed by atoms with Crippen LogP contribution in [0.3, 0.4) is 0 Å². The van der Waals surface area contributed by atoms with Gasteiger partial charge in [0.1, 0.15) is 5.82 Å². The van der Waals surface area contributed by atoms with Crippen LogP contribution < -0.4 is 15.1 Å². The summed E-state index contributed by atoms with van der Waals surface area (Å²) in [5.41, 5.74) is 0.752. The Morgan fingerprint density at radius 2 is 1.54 bits per heavy atom. The molecule has 0 amide bonds. The third-order valence-corrected chi connectivity index (χ3v) is 4.75. The van der Waals surface area contributed by atoms with Crippen LogP contribution in [0.25, 0.3) is 11.0 Å². The Balaban J connectivity index is 1.75. The lowest BCUT2D eigenvalue weighted by Gasteiger charge is -2.19. The van der Waals surface area contributed by atoms with E-state index in [0.717, 1.165) is 67.9 Å². The zero-order valence-electron chi connectivity index (χ0n) is 14.3. The first-order valence-corrected chi connectivity index (χ1v) is 9.13. The molecular formula is C17H25N7. The van der Waals surface area contributed by atoms with Crippen LogP contribution in [0.4, 0.5) is 17.7 Å². The second-order valence-corrected chi connectivity index (χ2v) is 6.59. The lowest BCUT2D eigenvalue weighted by Crippen LogP contribution is -2.22. The molecule has 1 N–H and O–H groups in total. The molecule has 2 aromatic heterocycles. The van der Waals surface area contributed by atoms with Gasteiger partial charge in [-0.3, -0.25) is 0 Å². The molecule has 0 aliphatic carbocycles. The molecular weight excluding hydrogens is 302 g/mol. The highest BCUT2D eigenvalue weighted by molar-refractivity contribution is 5.87. The average Bonchev–Trinajstić information content (AvgIpc) is 3.32. The Labute approximate surface area is 142 Å². The molecule has 4 rings (SSSR count). The van der Waals surface area contributed by atoms with E-state index in [2.05, 4.69) is 27.0 Å². The fraction of sp³-hybridized carbons (Fsp3) is 0.647. The molecule has 0 atom stereocenters. The van der Waals surface area contributed by atoms with Crippen molar-refractivity contribution in [3.05, 3.63) is 6.20 Å². The largest absolute Gasteiger partial charge is 0.369 e. The minimum atomic E-state index is 0.752. The molecule has 2 aliphatic heterocycles. The van der Waals surface area contributed by atoms with Gasteiger partial charge in [0.25, 0.3) is 0 Å². The summed E-state index contributed by atoms with van der Waals surface area (Å²) in [6.45, 7) is 7.18. The topological polar surface area (TPSA) is 70.1 Å². The predicted molar refractivity (Wildman–Crippen MR) is 96.8 cm³/mol. The molecule has 128 valence electrons. The molecule has 2 saturated heterocycles. The van der Waals surface area contributed by atoms with Crippen molar-refractivity contribution in [3.8, 4) is 0 Å². The van der Waals surface area contributed by atoms with E-state index in [-0.39, 0.29) is 0 Å². The fourth-order valence-corrected chi connectivity index (χ4v) is 3.40. The number of nitrogens with zero attached hydrogens (tertiary/aromatic N) is 6. The molecule has 7 nitrogen and oxygen atoms in total. The van der Waals surface area contributed by atoms with E-state index >= 15 is 0 Å². The van der Waals surface area contributed by atoms with E-state index in [9.17, 15) is 0 Å².